The minimum Gasteiger partial charge on any atom is -0.481 e. The van der Waals surface area contributed by atoms with Crippen molar-refractivity contribution in [1.82, 2.24) is 5.32 Å². The lowest BCUT2D eigenvalue weighted by Gasteiger charge is -2.26. The highest BCUT2D eigenvalue weighted by Crippen LogP contribution is 2.25. The number of nitrogens with one attached hydrogen (secondary N) is 1. The van der Waals surface area contributed by atoms with E-state index in [1.54, 1.807) is 0 Å². The highest BCUT2D eigenvalue weighted by Gasteiger charge is 2.20. The van der Waals surface area contributed by atoms with Crippen molar-refractivity contribution < 1.29 is 9.90 Å². The minimum absolute atomic E-state index is 0.0310. The summed E-state index contributed by atoms with van der Waals surface area (Å²) in [5.41, 5.74) is 1.21. The number of carboxylic acid groups (broad SMARTS) is 1. The molecule has 0 aliphatic rings. The van der Waals surface area contributed by atoms with Crippen LogP contribution >= 0.6 is 0 Å². The molecule has 0 bridgehead atoms. The third kappa shape index (κ3) is 3.82. The van der Waals surface area contributed by atoms with Crippen molar-refractivity contribution in [1.29, 1.82) is 0 Å². The zero-order valence-corrected chi connectivity index (χ0v) is 12.8. The number of hydrogen-bond donors (Lipinski definition) is 2. The Morgan fingerprint density at radius 1 is 1.10 bits per heavy atom. The van der Waals surface area contributed by atoms with Crippen molar-refractivity contribution in [3.05, 3.63) is 48.0 Å². The van der Waals surface area contributed by atoms with Gasteiger partial charge in [0.05, 0.1) is 6.42 Å². The molecule has 2 unspecified atom stereocenters. The average molecular weight is 285 g/mol. The van der Waals surface area contributed by atoms with Gasteiger partial charge in [0.25, 0.3) is 0 Å². The Labute approximate surface area is 126 Å². The van der Waals surface area contributed by atoms with Crippen LogP contribution in [0.2, 0.25) is 0 Å². The van der Waals surface area contributed by atoms with Crippen LogP contribution in [0.15, 0.2) is 42.5 Å². The summed E-state index contributed by atoms with van der Waals surface area (Å²) in [5, 5.41) is 15.0. The maximum absolute atomic E-state index is 11.0. The fourth-order valence-corrected chi connectivity index (χ4v) is 2.71. The lowest BCUT2D eigenvalue weighted by Crippen LogP contribution is -2.37. The highest BCUT2D eigenvalue weighted by molar-refractivity contribution is 5.86. The molecule has 0 fully saturated rings. The van der Waals surface area contributed by atoms with Gasteiger partial charge in [0.15, 0.2) is 0 Å². The first-order valence-electron chi connectivity index (χ1n) is 7.44. The van der Waals surface area contributed by atoms with Crippen LogP contribution in [0.1, 0.15) is 38.8 Å². The monoisotopic (exact) mass is 285 g/mol. The van der Waals surface area contributed by atoms with Crippen LogP contribution in [0, 0.1) is 5.92 Å². The molecule has 112 valence electrons. The number of hydrogen-bond acceptors (Lipinski definition) is 2. The van der Waals surface area contributed by atoms with Crippen LogP contribution in [-0.2, 0) is 4.79 Å². The summed E-state index contributed by atoms with van der Waals surface area (Å²) in [4.78, 5) is 11.0. The molecule has 21 heavy (non-hydrogen) atoms. The number of benzene rings is 2. The van der Waals surface area contributed by atoms with E-state index in [4.69, 9.17) is 5.11 Å². The largest absolute Gasteiger partial charge is 0.481 e. The van der Waals surface area contributed by atoms with Crippen molar-refractivity contribution in [2.75, 3.05) is 0 Å². The van der Waals surface area contributed by atoms with Crippen molar-refractivity contribution in [2.45, 2.75) is 39.3 Å². The summed E-state index contributed by atoms with van der Waals surface area (Å²) in [6.07, 6.45) is 0.146. The molecule has 0 aliphatic heterocycles. The zero-order valence-electron chi connectivity index (χ0n) is 12.8. The number of aliphatic carboxylic acids is 1. The molecule has 0 heterocycles. The predicted octanol–water partition coefficient (Wildman–Crippen LogP) is 3.99. The van der Waals surface area contributed by atoms with Crippen molar-refractivity contribution >= 4 is 16.7 Å². The first-order chi connectivity index (χ1) is 9.99. The normalized spacial score (nSPS) is 14.3. The maximum atomic E-state index is 11.0. The van der Waals surface area contributed by atoms with Gasteiger partial charge in [-0.2, -0.15) is 0 Å². The van der Waals surface area contributed by atoms with E-state index in [0.29, 0.717) is 0 Å². The van der Waals surface area contributed by atoms with Gasteiger partial charge < -0.3 is 10.4 Å². The second-order valence-electron chi connectivity index (χ2n) is 5.91. The number of rotatable bonds is 6. The molecule has 0 spiro atoms. The molecule has 0 radical (unpaired) electrons. The van der Waals surface area contributed by atoms with Crippen molar-refractivity contribution in [2.24, 2.45) is 5.92 Å². The van der Waals surface area contributed by atoms with Crippen LogP contribution in [-0.4, -0.2) is 17.1 Å². The summed E-state index contributed by atoms with van der Waals surface area (Å²) in [5.74, 6) is -0.482. The molecule has 0 saturated carbocycles. The summed E-state index contributed by atoms with van der Waals surface area (Å²) < 4.78 is 0. The first kappa shape index (κ1) is 15.5. The summed E-state index contributed by atoms with van der Waals surface area (Å²) >= 11 is 0. The molecule has 2 aromatic carbocycles. The van der Waals surface area contributed by atoms with Crippen LogP contribution in [0.3, 0.4) is 0 Å². The summed E-state index contributed by atoms with van der Waals surface area (Å²) in [6.45, 7) is 6.20. The molecular formula is C18H23NO2. The van der Waals surface area contributed by atoms with Gasteiger partial charge in [0.2, 0.25) is 0 Å². The number of fused-ring (bicyclic) bond motifs is 1. The Morgan fingerprint density at radius 3 is 2.43 bits per heavy atom. The van der Waals surface area contributed by atoms with Crippen LogP contribution < -0.4 is 5.32 Å². The lowest BCUT2D eigenvalue weighted by molar-refractivity contribution is -0.137. The van der Waals surface area contributed by atoms with E-state index in [1.807, 2.05) is 12.1 Å². The molecule has 3 heteroatoms. The van der Waals surface area contributed by atoms with E-state index in [1.165, 1.54) is 16.3 Å². The molecule has 0 aromatic heterocycles. The standard InChI is InChI=1S/C18H23NO2/c1-12(2)17(11-18(20)21)19-13(3)15-10-6-8-14-7-4-5-9-16(14)15/h4-10,12-13,17,19H,11H2,1-3H3,(H,20,21). The van der Waals surface area contributed by atoms with Gasteiger partial charge in [-0.25, -0.2) is 0 Å². The van der Waals surface area contributed by atoms with Crippen molar-refractivity contribution in [3.63, 3.8) is 0 Å². The van der Waals surface area contributed by atoms with Gasteiger partial charge in [0, 0.05) is 12.1 Å². The van der Waals surface area contributed by atoms with Crippen LogP contribution in [0.5, 0.6) is 0 Å². The molecular weight excluding hydrogens is 262 g/mol. The summed E-state index contributed by atoms with van der Waals surface area (Å²) in [7, 11) is 0. The Hall–Kier alpha value is -1.87. The molecule has 0 aliphatic carbocycles. The molecule has 2 N–H and O–H groups in total. The van der Waals surface area contributed by atoms with Crippen LogP contribution in [0.4, 0.5) is 0 Å². The van der Waals surface area contributed by atoms with Crippen LogP contribution in [0.25, 0.3) is 10.8 Å². The van der Waals surface area contributed by atoms with Gasteiger partial charge in [-0.15, -0.1) is 0 Å². The maximum Gasteiger partial charge on any atom is 0.304 e. The Bertz CT molecular complexity index is 616. The molecule has 2 atom stereocenters. The Morgan fingerprint density at radius 2 is 1.76 bits per heavy atom. The van der Waals surface area contributed by atoms with E-state index < -0.39 is 5.97 Å². The van der Waals surface area contributed by atoms with E-state index in [-0.39, 0.29) is 24.4 Å². The third-order valence-corrected chi connectivity index (χ3v) is 3.95. The Kier molecular flexibility index (Phi) is 4.97. The van der Waals surface area contributed by atoms with Gasteiger partial charge in [-0.3, -0.25) is 4.79 Å². The third-order valence-electron chi connectivity index (χ3n) is 3.95. The smallest absolute Gasteiger partial charge is 0.304 e. The predicted molar refractivity (Wildman–Crippen MR) is 86.4 cm³/mol. The van der Waals surface area contributed by atoms with E-state index in [2.05, 4.69) is 56.4 Å². The molecule has 0 saturated heterocycles. The van der Waals surface area contributed by atoms with Gasteiger partial charge in [-0.1, -0.05) is 56.3 Å². The lowest BCUT2D eigenvalue weighted by atomic mass is 9.96. The SMILES string of the molecule is CC(NC(CC(=O)O)C(C)C)c1cccc2ccccc12. The van der Waals surface area contributed by atoms with E-state index in [9.17, 15) is 4.79 Å². The minimum atomic E-state index is -0.758. The fraction of sp³-hybridized carbons (Fsp3) is 0.389. The second-order valence-corrected chi connectivity index (χ2v) is 5.91. The Balaban J connectivity index is 2.25. The first-order valence-corrected chi connectivity index (χ1v) is 7.44. The van der Waals surface area contributed by atoms with E-state index >= 15 is 0 Å². The van der Waals surface area contributed by atoms with Gasteiger partial charge in [0.1, 0.15) is 0 Å². The zero-order chi connectivity index (χ0) is 15.4. The fourth-order valence-electron chi connectivity index (χ4n) is 2.71. The van der Waals surface area contributed by atoms with Crippen molar-refractivity contribution in [3.8, 4) is 0 Å². The van der Waals surface area contributed by atoms with Gasteiger partial charge in [-0.05, 0) is 29.2 Å². The molecule has 2 aromatic rings. The topological polar surface area (TPSA) is 49.3 Å². The molecule has 3 nitrogen and oxygen atoms in total. The van der Waals surface area contributed by atoms with E-state index in [0.717, 1.165) is 0 Å². The molecule has 0 amide bonds. The average Bonchev–Trinajstić information content (AvgIpc) is 2.45. The number of carboxylic acids is 1. The van der Waals surface area contributed by atoms with Gasteiger partial charge >= 0.3 is 5.97 Å². The molecule has 2 rings (SSSR count). The number of carbonyl (C=O) groups is 1. The quantitative estimate of drug-likeness (QED) is 0.843. The highest BCUT2D eigenvalue weighted by atomic mass is 16.4. The summed E-state index contributed by atoms with van der Waals surface area (Å²) in [6, 6.07) is 14.6. The second kappa shape index (κ2) is 6.72.